The highest BCUT2D eigenvalue weighted by molar-refractivity contribution is 5.79. The molecule has 5 aliphatic carbocycles. The summed E-state index contributed by atoms with van der Waals surface area (Å²) >= 11 is 0. The van der Waals surface area contributed by atoms with Gasteiger partial charge in [-0.05, 0) is 109 Å². The van der Waals surface area contributed by atoms with Crippen LogP contribution < -0.4 is 0 Å². The van der Waals surface area contributed by atoms with Gasteiger partial charge in [-0.25, -0.2) is 4.79 Å². The fourth-order valence-electron chi connectivity index (χ4n) is 15.0. The molecule has 9 N–H and O–H groups in total. The highest BCUT2D eigenvalue weighted by Gasteiger charge is 2.70. The highest BCUT2D eigenvalue weighted by atomic mass is 16.8. The Morgan fingerprint density at radius 1 is 0.706 bits per heavy atom. The van der Waals surface area contributed by atoms with Gasteiger partial charge in [-0.15, -0.1) is 0 Å². The number of aliphatic hydroxyl groups is 8. The lowest BCUT2D eigenvalue weighted by atomic mass is 9.33. The van der Waals surface area contributed by atoms with Crippen LogP contribution in [0, 0.1) is 50.2 Å². The molecule has 3 heterocycles. The van der Waals surface area contributed by atoms with Crippen molar-refractivity contribution in [3.63, 3.8) is 0 Å². The molecule has 0 aromatic carbocycles. The molecule has 0 amide bonds. The number of rotatable bonds is 9. The summed E-state index contributed by atoms with van der Waals surface area (Å²) < 4.78 is 40.9. The van der Waals surface area contributed by atoms with Gasteiger partial charge in [0.15, 0.2) is 24.8 Å². The molecular weight excluding hydrogens is 893 g/mol. The van der Waals surface area contributed by atoms with Crippen LogP contribution in [0.2, 0.25) is 0 Å². The van der Waals surface area contributed by atoms with Crippen molar-refractivity contribution >= 4 is 17.9 Å². The minimum Gasteiger partial charge on any atom is -0.479 e. The molecule has 7 fully saturated rings. The number of hydrogen-bond acceptors (Lipinski definition) is 18. The number of carboxylic acid groups (broad SMARTS) is 1. The average Bonchev–Trinajstić information content (AvgIpc) is 3.26. The number of hydrogen-bond donors (Lipinski definition) is 9. The zero-order valence-electron chi connectivity index (χ0n) is 40.6. The molecule has 0 radical (unpaired) electrons. The van der Waals surface area contributed by atoms with Crippen molar-refractivity contribution in [2.45, 2.75) is 212 Å². The molecule has 8 rings (SSSR count). The molecular formula is C49H76O19. The van der Waals surface area contributed by atoms with Gasteiger partial charge in [-0.2, -0.15) is 0 Å². The van der Waals surface area contributed by atoms with Gasteiger partial charge >= 0.3 is 17.9 Å². The first-order valence-electron chi connectivity index (χ1n) is 24.6. The number of ether oxygens (including phenoxy) is 7. The Bertz CT molecular complexity index is 1940. The second-order valence-corrected chi connectivity index (χ2v) is 23.6. The number of carbonyl (C=O) groups is 3. The topological polar surface area (TPSA) is 298 Å². The number of fused-ring (bicyclic) bond motifs is 7. The quantitative estimate of drug-likeness (QED) is 0.0897. The largest absolute Gasteiger partial charge is 0.479 e. The predicted octanol–water partition coefficient (Wildman–Crippen LogP) is 1.44. The predicted molar refractivity (Wildman–Crippen MR) is 234 cm³/mol. The van der Waals surface area contributed by atoms with E-state index in [4.69, 9.17) is 33.2 Å². The standard InChI is InChI=1S/C49H76O19/c1-22(51)63-36-35(58)42(67-38(39(59)60)37(36)66-40-33(56)30(53)25(52)21-62-40)65-29-12-13-46(6)27(45(29,4)5)11-14-48(8)28(46)10-9-23-24-19-44(2,3)15-17-49(24,18-16-47(23,48)7)43(61)68-41-34(57)32(55)31(54)26(20-50)64-41/h9,24-38,40-42,50,52-58H,10-21H2,1-8H3,(H,59,60)/t24-,25+,26+,27+,28+,29-,30-,31+,32-,33+,34+,35+,36+,37-,38-,40-,41-,42+,46-,47+,48+,49-/m0/s1. The van der Waals surface area contributed by atoms with Crippen LogP contribution in [0.5, 0.6) is 0 Å². The Labute approximate surface area is 397 Å². The SMILES string of the molecule is CC(=O)O[C@@H]1[C@@H](O)[C@H](O[C@H]2CC[C@@]3(C)[C@H](CC[C@]4(C)[C@@H]3CC=C3[C@@H]5CC(C)(C)CC[C@]5(C(=O)O[C@@H]5O[C@H](CO)[C@@H](O)[C@H](O)[C@H]5O)CC[C@]34C)C2(C)C)O[C@H](C(=O)O)[C@H]1O[C@@H]1OC[C@@H](O)[C@H](O)[C@H]1O. The number of aliphatic hydroxyl groups excluding tert-OH is 8. The van der Waals surface area contributed by atoms with Crippen LogP contribution in [0.3, 0.4) is 0 Å². The molecule has 22 atom stereocenters. The molecule has 0 bridgehead atoms. The minimum absolute atomic E-state index is 0.0763. The molecule has 68 heavy (non-hydrogen) atoms. The summed E-state index contributed by atoms with van der Waals surface area (Å²) in [6.07, 6.45) is -13.9. The van der Waals surface area contributed by atoms with Gasteiger partial charge in [-0.1, -0.05) is 60.1 Å². The van der Waals surface area contributed by atoms with Gasteiger partial charge in [0, 0.05) is 6.92 Å². The summed E-state index contributed by atoms with van der Waals surface area (Å²) in [5.41, 5.74) is -0.937. The van der Waals surface area contributed by atoms with Crippen LogP contribution in [0.25, 0.3) is 0 Å². The van der Waals surface area contributed by atoms with Crippen molar-refractivity contribution in [1.82, 2.24) is 0 Å². The number of esters is 2. The third-order valence-electron chi connectivity index (χ3n) is 19.2. The van der Waals surface area contributed by atoms with Gasteiger partial charge in [-0.3, -0.25) is 9.59 Å². The van der Waals surface area contributed by atoms with E-state index in [-0.39, 0.29) is 39.4 Å². The van der Waals surface area contributed by atoms with E-state index in [9.17, 15) is 60.3 Å². The molecule has 0 unspecified atom stereocenters. The molecule has 0 spiro atoms. The van der Waals surface area contributed by atoms with Crippen LogP contribution in [0.15, 0.2) is 11.6 Å². The maximum absolute atomic E-state index is 14.7. The molecule has 19 heteroatoms. The Kier molecular flexibility index (Phi) is 14.0. The number of carbonyl (C=O) groups excluding carboxylic acids is 2. The first-order valence-corrected chi connectivity index (χ1v) is 24.6. The monoisotopic (exact) mass is 968 g/mol. The third kappa shape index (κ3) is 8.28. The Balaban J connectivity index is 1.03. The van der Waals surface area contributed by atoms with E-state index in [1.54, 1.807) is 0 Å². The first-order chi connectivity index (χ1) is 31.7. The van der Waals surface area contributed by atoms with Crippen molar-refractivity contribution in [2.75, 3.05) is 13.2 Å². The van der Waals surface area contributed by atoms with Crippen molar-refractivity contribution in [3.8, 4) is 0 Å². The minimum atomic E-state index is -1.87. The summed E-state index contributed by atoms with van der Waals surface area (Å²) in [4.78, 5) is 39.9. The van der Waals surface area contributed by atoms with Crippen LogP contribution >= 0.6 is 0 Å². The molecule has 0 aromatic heterocycles. The second kappa shape index (κ2) is 18.3. The highest BCUT2D eigenvalue weighted by Crippen LogP contribution is 2.76. The normalized spacial score (nSPS) is 50.8. The Morgan fingerprint density at radius 2 is 1.38 bits per heavy atom. The maximum Gasteiger partial charge on any atom is 0.335 e. The summed E-state index contributed by atoms with van der Waals surface area (Å²) in [6.45, 7) is 15.9. The lowest BCUT2D eigenvalue weighted by Gasteiger charge is -2.71. The number of carboxylic acids is 1. The third-order valence-corrected chi connectivity index (χ3v) is 19.2. The summed E-state index contributed by atoms with van der Waals surface area (Å²) in [5, 5.41) is 94.5. The summed E-state index contributed by atoms with van der Waals surface area (Å²) in [7, 11) is 0. The zero-order chi connectivity index (χ0) is 49.8. The molecule has 8 aliphatic rings. The van der Waals surface area contributed by atoms with Gasteiger partial charge in [0.25, 0.3) is 0 Å². The van der Waals surface area contributed by atoms with Crippen LogP contribution in [0.4, 0.5) is 0 Å². The molecule has 4 saturated carbocycles. The van der Waals surface area contributed by atoms with E-state index in [1.165, 1.54) is 5.57 Å². The van der Waals surface area contributed by atoms with Crippen molar-refractivity contribution in [2.24, 2.45) is 50.2 Å². The lowest BCUT2D eigenvalue weighted by molar-refractivity contribution is -0.355. The summed E-state index contributed by atoms with van der Waals surface area (Å²) in [6, 6.07) is 0. The summed E-state index contributed by atoms with van der Waals surface area (Å²) in [5.74, 6) is -2.71. The number of aliphatic carboxylic acids is 1. The number of allylic oxidation sites excluding steroid dienone is 2. The first kappa shape index (κ1) is 52.0. The fraction of sp³-hybridized carbons (Fsp3) is 0.898. The molecule has 3 saturated heterocycles. The van der Waals surface area contributed by atoms with E-state index in [2.05, 4.69) is 54.5 Å². The molecule has 0 aromatic rings. The smallest absolute Gasteiger partial charge is 0.335 e. The van der Waals surface area contributed by atoms with Crippen molar-refractivity contribution < 1.29 is 93.5 Å². The van der Waals surface area contributed by atoms with Crippen LogP contribution in [-0.4, -0.2) is 169 Å². The molecule has 386 valence electrons. The second-order valence-electron chi connectivity index (χ2n) is 23.6. The van der Waals surface area contributed by atoms with E-state index in [0.29, 0.717) is 25.7 Å². The van der Waals surface area contributed by atoms with Crippen LogP contribution in [-0.2, 0) is 47.5 Å². The van der Waals surface area contributed by atoms with Crippen molar-refractivity contribution in [1.29, 1.82) is 0 Å². The van der Waals surface area contributed by atoms with E-state index >= 15 is 0 Å². The maximum atomic E-state index is 14.7. The van der Waals surface area contributed by atoms with E-state index in [0.717, 1.165) is 45.4 Å². The van der Waals surface area contributed by atoms with Gasteiger partial charge in [0.05, 0.1) is 24.7 Å². The molecule has 19 nitrogen and oxygen atoms in total. The average molecular weight is 969 g/mol. The Hall–Kier alpha value is -2.37. The van der Waals surface area contributed by atoms with Crippen molar-refractivity contribution in [3.05, 3.63) is 11.6 Å². The van der Waals surface area contributed by atoms with Crippen LogP contribution in [0.1, 0.15) is 120 Å². The van der Waals surface area contributed by atoms with Gasteiger partial charge < -0.3 is 79.1 Å². The Morgan fingerprint density at radius 3 is 2.04 bits per heavy atom. The van der Waals surface area contributed by atoms with Gasteiger partial charge in [0.2, 0.25) is 6.29 Å². The van der Waals surface area contributed by atoms with E-state index < -0.39 is 134 Å². The van der Waals surface area contributed by atoms with E-state index in [1.807, 2.05) is 0 Å². The van der Waals surface area contributed by atoms with Gasteiger partial charge in [0.1, 0.15) is 54.9 Å². The molecule has 3 aliphatic heterocycles. The zero-order valence-corrected chi connectivity index (χ0v) is 40.6. The lowest BCUT2D eigenvalue weighted by Crippen LogP contribution is -2.67. The fourth-order valence-corrected chi connectivity index (χ4v) is 15.0.